The standard InChI is InChI=1S/C19H16F4N4O/c1-26(2)14-7-8-16(15(11-14)19(21,22)23)24-18(28)17-9-10-27(25-17)13-5-3-12(20)4-6-13/h3-11H,1-2H3,(H,24,28). The first kappa shape index (κ1) is 19.4. The van der Waals surface area contributed by atoms with E-state index in [0.29, 0.717) is 11.4 Å². The third kappa shape index (κ3) is 4.13. The molecule has 5 nitrogen and oxygen atoms in total. The Hall–Kier alpha value is -3.36. The van der Waals surface area contributed by atoms with E-state index in [4.69, 9.17) is 0 Å². The van der Waals surface area contributed by atoms with Crippen molar-refractivity contribution in [2.24, 2.45) is 0 Å². The molecule has 0 aliphatic carbocycles. The summed E-state index contributed by atoms with van der Waals surface area (Å²) in [5, 5.41) is 6.30. The number of nitrogens with one attached hydrogen (secondary N) is 1. The minimum atomic E-state index is -4.64. The highest BCUT2D eigenvalue weighted by molar-refractivity contribution is 6.03. The molecular weight excluding hydrogens is 376 g/mol. The highest BCUT2D eigenvalue weighted by Gasteiger charge is 2.34. The molecule has 1 amide bonds. The fourth-order valence-corrected chi connectivity index (χ4v) is 2.52. The molecule has 0 aliphatic rings. The van der Waals surface area contributed by atoms with Gasteiger partial charge in [-0.05, 0) is 48.5 Å². The van der Waals surface area contributed by atoms with Crippen LogP contribution >= 0.6 is 0 Å². The molecule has 0 fully saturated rings. The van der Waals surface area contributed by atoms with Crippen molar-refractivity contribution in [1.82, 2.24) is 9.78 Å². The largest absolute Gasteiger partial charge is 0.418 e. The van der Waals surface area contributed by atoms with Gasteiger partial charge in [-0.2, -0.15) is 18.3 Å². The Balaban J connectivity index is 1.86. The van der Waals surface area contributed by atoms with Gasteiger partial charge in [0.15, 0.2) is 5.69 Å². The minimum absolute atomic E-state index is 0.0749. The van der Waals surface area contributed by atoms with E-state index < -0.39 is 23.5 Å². The van der Waals surface area contributed by atoms with E-state index in [0.717, 1.165) is 6.07 Å². The number of aromatic nitrogens is 2. The first-order valence-electron chi connectivity index (χ1n) is 8.16. The van der Waals surface area contributed by atoms with Crippen molar-refractivity contribution in [2.75, 3.05) is 24.3 Å². The summed E-state index contributed by atoms with van der Waals surface area (Å²) in [5.41, 5.74) is -0.531. The molecule has 3 aromatic rings. The number of benzene rings is 2. The van der Waals surface area contributed by atoms with E-state index >= 15 is 0 Å². The predicted octanol–water partition coefficient (Wildman–Crippen LogP) is 4.35. The van der Waals surface area contributed by atoms with E-state index in [1.54, 1.807) is 14.1 Å². The van der Waals surface area contributed by atoms with Gasteiger partial charge in [0.1, 0.15) is 5.82 Å². The van der Waals surface area contributed by atoms with E-state index in [1.165, 1.54) is 58.2 Å². The maximum absolute atomic E-state index is 13.4. The van der Waals surface area contributed by atoms with Crippen molar-refractivity contribution < 1.29 is 22.4 Å². The van der Waals surface area contributed by atoms with Gasteiger partial charge < -0.3 is 10.2 Å². The number of carbonyl (C=O) groups excluding carboxylic acids is 1. The molecule has 28 heavy (non-hydrogen) atoms. The van der Waals surface area contributed by atoms with Crippen LogP contribution in [0.5, 0.6) is 0 Å². The summed E-state index contributed by atoms with van der Waals surface area (Å²) in [4.78, 5) is 13.9. The molecule has 0 saturated heterocycles. The van der Waals surface area contributed by atoms with Gasteiger partial charge in [-0.3, -0.25) is 4.79 Å². The van der Waals surface area contributed by atoms with Crippen molar-refractivity contribution in [1.29, 1.82) is 0 Å². The molecule has 1 aromatic heterocycles. The Morgan fingerprint density at radius 2 is 1.75 bits per heavy atom. The van der Waals surface area contributed by atoms with Crippen LogP contribution in [0.3, 0.4) is 0 Å². The molecule has 2 aromatic carbocycles. The normalized spacial score (nSPS) is 11.4. The number of halogens is 4. The number of hydrogen-bond donors (Lipinski definition) is 1. The Kier molecular flexibility index (Phi) is 5.08. The molecule has 0 aliphatic heterocycles. The maximum atomic E-state index is 13.4. The molecule has 0 spiro atoms. The van der Waals surface area contributed by atoms with Crippen LogP contribution < -0.4 is 10.2 Å². The molecule has 1 N–H and O–H groups in total. The van der Waals surface area contributed by atoms with Crippen LogP contribution in [-0.2, 0) is 6.18 Å². The number of amides is 1. The lowest BCUT2D eigenvalue weighted by molar-refractivity contribution is -0.136. The van der Waals surface area contributed by atoms with Crippen LogP contribution in [-0.4, -0.2) is 29.8 Å². The Bertz CT molecular complexity index is 994. The van der Waals surface area contributed by atoms with E-state index in [1.807, 2.05) is 0 Å². The number of rotatable bonds is 4. The lowest BCUT2D eigenvalue weighted by Crippen LogP contribution is -2.18. The number of carbonyl (C=O) groups is 1. The highest BCUT2D eigenvalue weighted by Crippen LogP contribution is 2.37. The zero-order valence-corrected chi connectivity index (χ0v) is 15.0. The van der Waals surface area contributed by atoms with Crippen molar-refractivity contribution in [2.45, 2.75) is 6.18 Å². The monoisotopic (exact) mass is 392 g/mol. The predicted molar refractivity (Wildman–Crippen MR) is 97.2 cm³/mol. The Morgan fingerprint density at radius 1 is 1.07 bits per heavy atom. The fraction of sp³-hybridized carbons (Fsp3) is 0.158. The zero-order valence-electron chi connectivity index (χ0n) is 15.0. The molecular formula is C19H16F4N4O. The van der Waals surface area contributed by atoms with Crippen molar-refractivity contribution in [3.8, 4) is 5.69 Å². The second-order valence-corrected chi connectivity index (χ2v) is 6.20. The molecule has 9 heteroatoms. The van der Waals surface area contributed by atoms with E-state index in [2.05, 4.69) is 10.4 Å². The van der Waals surface area contributed by atoms with Gasteiger partial charge in [0, 0.05) is 26.0 Å². The summed E-state index contributed by atoms with van der Waals surface area (Å²) >= 11 is 0. The van der Waals surface area contributed by atoms with Crippen LogP contribution in [0.25, 0.3) is 5.69 Å². The third-order valence-electron chi connectivity index (χ3n) is 3.99. The fourth-order valence-electron chi connectivity index (χ4n) is 2.52. The van der Waals surface area contributed by atoms with Gasteiger partial charge in [-0.25, -0.2) is 9.07 Å². The van der Waals surface area contributed by atoms with Gasteiger partial charge in [-0.15, -0.1) is 0 Å². The van der Waals surface area contributed by atoms with Crippen molar-refractivity contribution in [3.05, 3.63) is 71.8 Å². The lowest BCUT2D eigenvalue weighted by atomic mass is 10.1. The van der Waals surface area contributed by atoms with Gasteiger partial charge in [-0.1, -0.05) is 0 Å². The quantitative estimate of drug-likeness (QED) is 0.672. The molecule has 0 unspecified atom stereocenters. The van der Waals surface area contributed by atoms with Crippen molar-refractivity contribution in [3.63, 3.8) is 0 Å². The molecule has 146 valence electrons. The van der Waals surface area contributed by atoms with E-state index in [-0.39, 0.29) is 11.4 Å². The van der Waals surface area contributed by atoms with Crippen LogP contribution in [0.4, 0.5) is 28.9 Å². The van der Waals surface area contributed by atoms with Crippen LogP contribution in [0.1, 0.15) is 16.1 Å². The molecule has 0 radical (unpaired) electrons. The number of nitrogens with zero attached hydrogens (tertiary/aromatic N) is 3. The molecule has 0 saturated carbocycles. The molecule has 3 rings (SSSR count). The second-order valence-electron chi connectivity index (χ2n) is 6.20. The average Bonchev–Trinajstić information content (AvgIpc) is 3.12. The summed E-state index contributed by atoms with van der Waals surface area (Å²) in [6.07, 6.45) is -3.18. The van der Waals surface area contributed by atoms with Gasteiger partial charge in [0.2, 0.25) is 0 Å². The minimum Gasteiger partial charge on any atom is -0.378 e. The first-order chi connectivity index (χ1) is 13.1. The summed E-state index contributed by atoms with van der Waals surface area (Å²) in [6.45, 7) is 0. The first-order valence-corrected chi connectivity index (χ1v) is 8.16. The second kappa shape index (κ2) is 7.34. The molecule has 0 atom stereocenters. The smallest absolute Gasteiger partial charge is 0.378 e. The molecule has 0 bridgehead atoms. The Morgan fingerprint density at radius 3 is 2.36 bits per heavy atom. The average molecular weight is 392 g/mol. The van der Waals surface area contributed by atoms with Crippen LogP contribution in [0, 0.1) is 5.82 Å². The van der Waals surface area contributed by atoms with Crippen LogP contribution in [0.15, 0.2) is 54.7 Å². The SMILES string of the molecule is CN(C)c1ccc(NC(=O)c2ccn(-c3ccc(F)cc3)n2)c(C(F)(F)F)c1. The maximum Gasteiger partial charge on any atom is 0.418 e. The van der Waals surface area contributed by atoms with Gasteiger partial charge >= 0.3 is 6.18 Å². The number of anilines is 2. The zero-order chi connectivity index (χ0) is 20.5. The van der Waals surface area contributed by atoms with Crippen molar-refractivity contribution >= 4 is 17.3 Å². The number of hydrogen-bond acceptors (Lipinski definition) is 3. The lowest BCUT2D eigenvalue weighted by Gasteiger charge is -2.18. The summed E-state index contributed by atoms with van der Waals surface area (Å²) in [6, 6.07) is 10.4. The highest BCUT2D eigenvalue weighted by atomic mass is 19.4. The van der Waals surface area contributed by atoms with Crippen LogP contribution in [0.2, 0.25) is 0 Å². The topological polar surface area (TPSA) is 50.2 Å². The summed E-state index contributed by atoms with van der Waals surface area (Å²) in [7, 11) is 3.24. The van der Waals surface area contributed by atoms with E-state index in [9.17, 15) is 22.4 Å². The summed E-state index contributed by atoms with van der Waals surface area (Å²) < 4.78 is 54.5. The number of alkyl halides is 3. The molecule has 1 heterocycles. The summed E-state index contributed by atoms with van der Waals surface area (Å²) in [5.74, 6) is -1.21. The third-order valence-corrected chi connectivity index (χ3v) is 3.99. The van der Waals surface area contributed by atoms with Gasteiger partial charge in [0.05, 0.1) is 16.9 Å². The Labute approximate surface area is 158 Å². The van der Waals surface area contributed by atoms with Gasteiger partial charge in [0.25, 0.3) is 5.91 Å².